The van der Waals surface area contributed by atoms with Gasteiger partial charge in [-0.25, -0.2) is 0 Å². The molecule has 1 aromatic rings. The predicted molar refractivity (Wildman–Crippen MR) is 109 cm³/mol. The fourth-order valence-corrected chi connectivity index (χ4v) is 4.47. The molecular weight excluding hydrogens is 378 g/mol. The van der Waals surface area contributed by atoms with Crippen molar-refractivity contribution in [3.05, 3.63) is 35.4 Å². The van der Waals surface area contributed by atoms with Gasteiger partial charge < -0.3 is 20.3 Å². The minimum absolute atomic E-state index is 0. The highest BCUT2D eigenvalue weighted by molar-refractivity contribution is 5.85. The number of nitrogens with zero attached hydrogens (tertiary/aromatic N) is 1. The van der Waals surface area contributed by atoms with Crippen molar-refractivity contribution in [1.82, 2.24) is 15.5 Å². The van der Waals surface area contributed by atoms with E-state index in [9.17, 15) is 9.59 Å². The van der Waals surface area contributed by atoms with Crippen molar-refractivity contribution in [3.63, 3.8) is 0 Å². The number of fused-ring (bicyclic) bond motifs is 1. The Bertz CT molecular complexity index is 693. The first-order chi connectivity index (χ1) is 13.2. The predicted octanol–water partition coefficient (Wildman–Crippen LogP) is 1.83. The minimum Gasteiger partial charge on any atom is -0.363 e. The second-order valence-corrected chi connectivity index (χ2v) is 7.89. The standard InChI is InChI=1S/C21H29N3O3.ClH/c25-20(18-8-3-10-22-18)23-13-15-5-4-11-24(14-15)21(26)19-17-7-2-1-6-16(17)9-12-27-19;/h1-2,6-7,15,18-19,22H,3-5,8-14H2,(H,23,25);1H. The molecule has 0 spiro atoms. The SMILES string of the molecule is Cl.O=C(NCC1CCCN(C(=O)C2OCCc3ccccc32)C1)C1CCCN1. The van der Waals surface area contributed by atoms with E-state index in [4.69, 9.17) is 4.74 Å². The zero-order chi connectivity index (χ0) is 18.6. The first kappa shape index (κ1) is 21.1. The molecule has 0 radical (unpaired) electrons. The molecule has 2 fully saturated rings. The number of likely N-dealkylation sites (tertiary alicyclic amines) is 1. The van der Waals surface area contributed by atoms with Gasteiger partial charge in [-0.3, -0.25) is 9.59 Å². The third kappa shape index (κ3) is 4.67. The van der Waals surface area contributed by atoms with Gasteiger partial charge in [-0.15, -0.1) is 12.4 Å². The van der Waals surface area contributed by atoms with E-state index in [2.05, 4.69) is 16.7 Å². The zero-order valence-corrected chi connectivity index (χ0v) is 17.0. The molecule has 0 saturated carbocycles. The summed E-state index contributed by atoms with van der Waals surface area (Å²) < 4.78 is 5.85. The van der Waals surface area contributed by atoms with Crippen LogP contribution in [0, 0.1) is 5.92 Å². The number of benzene rings is 1. The monoisotopic (exact) mass is 407 g/mol. The highest BCUT2D eigenvalue weighted by Crippen LogP contribution is 2.30. The second kappa shape index (κ2) is 9.72. The third-order valence-corrected chi connectivity index (χ3v) is 5.99. The van der Waals surface area contributed by atoms with Gasteiger partial charge in [-0.2, -0.15) is 0 Å². The Hall–Kier alpha value is -1.63. The molecule has 3 aliphatic rings. The molecule has 0 bridgehead atoms. The van der Waals surface area contributed by atoms with Crippen LogP contribution >= 0.6 is 12.4 Å². The molecule has 2 saturated heterocycles. The van der Waals surface area contributed by atoms with Crippen LogP contribution in [0.15, 0.2) is 24.3 Å². The van der Waals surface area contributed by atoms with Gasteiger partial charge in [0.2, 0.25) is 5.91 Å². The summed E-state index contributed by atoms with van der Waals surface area (Å²) in [6.45, 7) is 3.62. The van der Waals surface area contributed by atoms with Crippen molar-refractivity contribution in [3.8, 4) is 0 Å². The van der Waals surface area contributed by atoms with E-state index in [0.29, 0.717) is 25.6 Å². The third-order valence-electron chi connectivity index (χ3n) is 5.99. The van der Waals surface area contributed by atoms with Crippen LogP contribution in [0.25, 0.3) is 0 Å². The first-order valence-electron chi connectivity index (χ1n) is 10.2. The lowest BCUT2D eigenvalue weighted by Gasteiger charge is -2.36. The molecule has 0 aliphatic carbocycles. The number of hydrogen-bond donors (Lipinski definition) is 2. The van der Waals surface area contributed by atoms with E-state index in [-0.39, 0.29) is 30.3 Å². The summed E-state index contributed by atoms with van der Waals surface area (Å²) in [7, 11) is 0. The van der Waals surface area contributed by atoms with Crippen LogP contribution in [0.2, 0.25) is 0 Å². The topological polar surface area (TPSA) is 70.7 Å². The highest BCUT2D eigenvalue weighted by atomic mass is 35.5. The summed E-state index contributed by atoms with van der Waals surface area (Å²) >= 11 is 0. The molecule has 7 heteroatoms. The van der Waals surface area contributed by atoms with E-state index in [1.54, 1.807) is 0 Å². The van der Waals surface area contributed by atoms with Crippen LogP contribution < -0.4 is 10.6 Å². The van der Waals surface area contributed by atoms with Gasteiger partial charge in [0.25, 0.3) is 5.91 Å². The number of nitrogens with one attached hydrogen (secondary N) is 2. The Labute approximate surface area is 172 Å². The first-order valence-corrected chi connectivity index (χ1v) is 10.2. The quantitative estimate of drug-likeness (QED) is 0.798. The molecule has 3 atom stereocenters. The summed E-state index contributed by atoms with van der Waals surface area (Å²) in [5, 5.41) is 6.31. The van der Waals surface area contributed by atoms with E-state index in [1.165, 1.54) is 5.56 Å². The van der Waals surface area contributed by atoms with E-state index in [0.717, 1.165) is 50.8 Å². The van der Waals surface area contributed by atoms with Gasteiger partial charge in [0.15, 0.2) is 6.10 Å². The van der Waals surface area contributed by atoms with Crippen LogP contribution in [0.1, 0.15) is 42.9 Å². The van der Waals surface area contributed by atoms with Crippen LogP contribution in [0.3, 0.4) is 0 Å². The summed E-state index contributed by atoms with van der Waals surface area (Å²) in [5.74, 6) is 0.475. The highest BCUT2D eigenvalue weighted by Gasteiger charge is 2.33. The van der Waals surface area contributed by atoms with Gasteiger partial charge in [0.1, 0.15) is 0 Å². The van der Waals surface area contributed by atoms with Gasteiger partial charge in [0, 0.05) is 19.6 Å². The average molecular weight is 408 g/mol. The molecule has 2 N–H and O–H groups in total. The second-order valence-electron chi connectivity index (χ2n) is 7.89. The molecule has 3 aliphatic heterocycles. The fourth-order valence-electron chi connectivity index (χ4n) is 4.47. The van der Waals surface area contributed by atoms with Gasteiger partial charge in [-0.05, 0) is 55.7 Å². The molecule has 1 aromatic carbocycles. The summed E-state index contributed by atoms with van der Waals surface area (Å²) in [4.78, 5) is 27.3. The van der Waals surface area contributed by atoms with E-state index < -0.39 is 6.10 Å². The van der Waals surface area contributed by atoms with Crippen LogP contribution in [0.5, 0.6) is 0 Å². The van der Waals surface area contributed by atoms with Gasteiger partial charge in [0.05, 0.1) is 12.6 Å². The average Bonchev–Trinajstić information content (AvgIpc) is 3.26. The lowest BCUT2D eigenvalue weighted by Crippen LogP contribution is -2.48. The lowest BCUT2D eigenvalue weighted by atomic mass is 9.94. The van der Waals surface area contributed by atoms with Gasteiger partial charge in [-0.1, -0.05) is 24.3 Å². The Morgan fingerprint density at radius 2 is 2.07 bits per heavy atom. The summed E-state index contributed by atoms with van der Waals surface area (Å²) in [6, 6.07) is 8.04. The molecule has 154 valence electrons. The Morgan fingerprint density at radius 3 is 2.89 bits per heavy atom. The number of hydrogen-bond acceptors (Lipinski definition) is 4. The molecule has 2 amide bonds. The number of amides is 2. The molecule has 3 unspecified atom stereocenters. The molecule has 28 heavy (non-hydrogen) atoms. The number of rotatable bonds is 4. The van der Waals surface area contributed by atoms with E-state index in [1.807, 2.05) is 23.1 Å². The number of halogens is 1. The molecule has 6 nitrogen and oxygen atoms in total. The Balaban J connectivity index is 0.00000225. The molecule has 3 heterocycles. The normalized spacial score (nSPS) is 26.9. The Morgan fingerprint density at radius 1 is 1.21 bits per heavy atom. The van der Waals surface area contributed by atoms with Crippen molar-refractivity contribution in [1.29, 1.82) is 0 Å². The number of ether oxygens (including phenoxy) is 1. The van der Waals surface area contributed by atoms with Crippen LogP contribution in [-0.4, -0.2) is 55.5 Å². The molecule has 4 rings (SSSR count). The van der Waals surface area contributed by atoms with E-state index >= 15 is 0 Å². The van der Waals surface area contributed by atoms with Crippen molar-refractivity contribution in [2.75, 3.05) is 32.8 Å². The maximum Gasteiger partial charge on any atom is 0.256 e. The molecular formula is C21H30ClN3O3. The smallest absolute Gasteiger partial charge is 0.256 e. The summed E-state index contributed by atoms with van der Waals surface area (Å²) in [5.41, 5.74) is 2.23. The summed E-state index contributed by atoms with van der Waals surface area (Å²) in [6.07, 6.45) is 4.38. The lowest BCUT2D eigenvalue weighted by molar-refractivity contribution is -0.147. The van der Waals surface area contributed by atoms with Crippen molar-refractivity contribution >= 4 is 24.2 Å². The largest absolute Gasteiger partial charge is 0.363 e. The van der Waals surface area contributed by atoms with Crippen molar-refractivity contribution in [2.45, 2.75) is 44.2 Å². The number of piperidine rings is 1. The number of carbonyl (C=O) groups excluding carboxylic acids is 2. The Kier molecular flexibility index (Phi) is 7.32. The van der Waals surface area contributed by atoms with Crippen molar-refractivity contribution in [2.24, 2.45) is 5.92 Å². The zero-order valence-electron chi connectivity index (χ0n) is 16.2. The van der Waals surface area contributed by atoms with Crippen molar-refractivity contribution < 1.29 is 14.3 Å². The number of carbonyl (C=O) groups is 2. The fraction of sp³-hybridized carbons (Fsp3) is 0.619. The van der Waals surface area contributed by atoms with Crippen LogP contribution in [0.4, 0.5) is 0 Å². The van der Waals surface area contributed by atoms with Gasteiger partial charge >= 0.3 is 0 Å². The molecule has 0 aromatic heterocycles. The maximum atomic E-state index is 13.1. The minimum atomic E-state index is -0.481. The maximum absolute atomic E-state index is 13.1. The van der Waals surface area contributed by atoms with Crippen LogP contribution in [-0.2, 0) is 20.7 Å².